The second kappa shape index (κ2) is 8.35. The summed E-state index contributed by atoms with van der Waals surface area (Å²) in [6.45, 7) is 7.62. The minimum absolute atomic E-state index is 0.0952. The van der Waals surface area contributed by atoms with Gasteiger partial charge in [0.1, 0.15) is 5.82 Å². The van der Waals surface area contributed by atoms with Gasteiger partial charge in [-0.2, -0.15) is 0 Å². The molecule has 1 unspecified atom stereocenters. The van der Waals surface area contributed by atoms with Gasteiger partial charge in [-0.1, -0.05) is 13.0 Å². The number of aryl methyl sites for hydroxylation is 1. The van der Waals surface area contributed by atoms with Gasteiger partial charge in [0.05, 0.1) is 0 Å². The highest BCUT2D eigenvalue weighted by Gasteiger charge is 2.19. The summed E-state index contributed by atoms with van der Waals surface area (Å²) < 4.78 is 13.5. The van der Waals surface area contributed by atoms with Crippen LogP contribution in [0.4, 0.5) is 4.39 Å². The van der Waals surface area contributed by atoms with E-state index in [1.54, 1.807) is 6.07 Å². The SMILES string of the molecule is CCN(CCCN(C)C)C(CN)c1cc(F)ccc1C. The second-order valence-corrected chi connectivity index (χ2v) is 5.54. The van der Waals surface area contributed by atoms with Crippen molar-refractivity contribution in [1.82, 2.24) is 9.80 Å². The van der Waals surface area contributed by atoms with Crippen molar-refractivity contribution >= 4 is 0 Å². The van der Waals surface area contributed by atoms with E-state index in [1.807, 2.05) is 13.0 Å². The van der Waals surface area contributed by atoms with Crippen molar-refractivity contribution in [3.8, 4) is 0 Å². The maximum atomic E-state index is 13.5. The molecule has 0 radical (unpaired) electrons. The summed E-state index contributed by atoms with van der Waals surface area (Å²) in [5.41, 5.74) is 8.07. The zero-order chi connectivity index (χ0) is 15.1. The molecule has 0 aromatic heterocycles. The second-order valence-electron chi connectivity index (χ2n) is 5.54. The van der Waals surface area contributed by atoms with Crippen LogP contribution in [0.25, 0.3) is 0 Å². The third-order valence-corrected chi connectivity index (χ3v) is 3.72. The number of halogens is 1. The van der Waals surface area contributed by atoms with Crippen molar-refractivity contribution in [2.75, 3.05) is 40.3 Å². The van der Waals surface area contributed by atoms with Crippen LogP contribution in [0.3, 0.4) is 0 Å². The molecule has 1 aromatic carbocycles. The topological polar surface area (TPSA) is 32.5 Å². The third-order valence-electron chi connectivity index (χ3n) is 3.72. The summed E-state index contributed by atoms with van der Waals surface area (Å²) in [4.78, 5) is 4.52. The minimum atomic E-state index is -0.187. The van der Waals surface area contributed by atoms with E-state index in [0.717, 1.165) is 37.2 Å². The van der Waals surface area contributed by atoms with E-state index in [9.17, 15) is 4.39 Å². The van der Waals surface area contributed by atoms with E-state index in [4.69, 9.17) is 5.73 Å². The Balaban J connectivity index is 2.82. The molecule has 0 fully saturated rings. The molecular weight excluding hydrogens is 253 g/mol. The first-order valence-corrected chi connectivity index (χ1v) is 7.34. The number of hydrogen-bond acceptors (Lipinski definition) is 3. The lowest BCUT2D eigenvalue weighted by molar-refractivity contribution is 0.200. The van der Waals surface area contributed by atoms with Crippen molar-refractivity contribution in [2.45, 2.75) is 26.3 Å². The molecule has 0 heterocycles. The predicted molar refractivity (Wildman–Crippen MR) is 83.4 cm³/mol. The maximum Gasteiger partial charge on any atom is 0.123 e. The lowest BCUT2D eigenvalue weighted by Crippen LogP contribution is -2.36. The summed E-state index contributed by atoms with van der Waals surface area (Å²) in [5, 5.41) is 0. The van der Waals surface area contributed by atoms with E-state index in [2.05, 4.69) is 30.8 Å². The maximum absolute atomic E-state index is 13.5. The molecule has 0 bridgehead atoms. The Labute approximate surface area is 122 Å². The van der Waals surface area contributed by atoms with Gasteiger partial charge in [-0.05, 0) is 63.8 Å². The van der Waals surface area contributed by atoms with Crippen molar-refractivity contribution in [1.29, 1.82) is 0 Å². The Hall–Kier alpha value is -0.970. The van der Waals surface area contributed by atoms with Crippen LogP contribution in [-0.2, 0) is 0 Å². The number of likely N-dealkylation sites (N-methyl/N-ethyl adjacent to an activating group) is 1. The van der Waals surface area contributed by atoms with Gasteiger partial charge in [-0.3, -0.25) is 4.90 Å². The number of nitrogens with zero attached hydrogens (tertiary/aromatic N) is 2. The van der Waals surface area contributed by atoms with Gasteiger partial charge in [0.15, 0.2) is 0 Å². The van der Waals surface area contributed by atoms with Gasteiger partial charge in [-0.15, -0.1) is 0 Å². The van der Waals surface area contributed by atoms with Crippen molar-refractivity contribution in [3.05, 3.63) is 35.1 Å². The highest BCUT2D eigenvalue weighted by molar-refractivity contribution is 5.30. The number of rotatable bonds is 8. The summed E-state index contributed by atoms with van der Waals surface area (Å²) in [7, 11) is 4.15. The summed E-state index contributed by atoms with van der Waals surface area (Å²) >= 11 is 0. The van der Waals surface area contributed by atoms with Crippen LogP contribution in [0.1, 0.15) is 30.5 Å². The van der Waals surface area contributed by atoms with Gasteiger partial charge in [0.2, 0.25) is 0 Å². The molecule has 20 heavy (non-hydrogen) atoms. The normalized spacial score (nSPS) is 13.2. The molecule has 2 N–H and O–H groups in total. The highest BCUT2D eigenvalue weighted by Crippen LogP contribution is 2.24. The molecule has 0 aliphatic rings. The average Bonchev–Trinajstić information content (AvgIpc) is 2.41. The molecule has 0 aliphatic carbocycles. The van der Waals surface area contributed by atoms with E-state index in [0.29, 0.717) is 6.54 Å². The highest BCUT2D eigenvalue weighted by atomic mass is 19.1. The first kappa shape index (κ1) is 17.1. The zero-order valence-electron chi connectivity index (χ0n) is 13.2. The fourth-order valence-electron chi connectivity index (χ4n) is 2.57. The standard InChI is InChI=1S/C16H28FN3/c1-5-20(10-6-9-19(3)4)16(12-18)15-11-14(17)8-7-13(15)2/h7-8,11,16H,5-6,9-10,12,18H2,1-4H3. The van der Waals surface area contributed by atoms with E-state index in [-0.39, 0.29) is 11.9 Å². The van der Waals surface area contributed by atoms with Crippen molar-refractivity contribution in [2.24, 2.45) is 5.73 Å². The molecule has 0 amide bonds. The number of nitrogens with two attached hydrogens (primary N) is 1. The molecule has 0 saturated heterocycles. The minimum Gasteiger partial charge on any atom is -0.329 e. The molecule has 0 spiro atoms. The molecule has 3 nitrogen and oxygen atoms in total. The van der Waals surface area contributed by atoms with Crippen LogP contribution in [0.5, 0.6) is 0 Å². The Bertz CT molecular complexity index is 407. The lowest BCUT2D eigenvalue weighted by atomic mass is 9.99. The van der Waals surface area contributed by atoms with Crippen LogP contribution in [0.15, 0.2) is 18.2 Å². The molecular formula is C16H28FN3. The summed E-state index contributed by atoms with van der Waals surface area (Å²) in [5.74, 6) is -0.187. The Morgan fingerprint density at radius 1 is 1.25 bits per heavy atom. The van der Waals surface area contributed by atoms with Crippen LogP contribution in [-0.4, -0.2) is 50.1 Å². The molecule has 1 atom stereocenters. The third kappa shape index (κ3) is 4.85. The monoisotopic (exact) mass is 281 g/mol. The quantitative estimate of drug-likeness (QED) is 0.794. The largest absolute Gasteiger partial charge is 0.329 e. The van der Waals surface area contributed by atoms with E-state index >= 15 is 0 Å². The van der Waals surface area contributed by atoms with Crippen LogP contribution in [0, 0.1) is 12.7 Å². The molecule has 1 rings (SSSR count). The number of benzene rings is 1. The van der Waals surface area contributed by atoms with Gasteiger partial charge < -0.3 is 10.6 Å². The smallest absolute Gasteiger partial charge is 0.123 e. The predicted octanol–water partition coefficient (Wildman–Crippen LogP) is 2.41. The van der Waals surface area contributed by atoms with Gasteiger partial charge in [-0.25, -0.2) is 4.39 Å². The first-order valence-electron chi connectivity index (χ1n) is 7.34. The van der Waals surface area contributed by atoms with Gasteiger partial charge in [0, 0.05) is 19.1 Å². The molecule has 1 aromatic rings. The molecule has 114 valence electrons. The number of hydrogen-bond donors (Lipinski definition) is 1. The molecule has 0 saturated carbocycles. The molecule has 4 heteroatoms. The Kier molecular flexibility index (Phi) is 7.13. The zero-order valence-corrected chi connectivity index (χ0v) is 13.2. The van der Waals surface area contributed by atoms with E-state index in [1.165, 1.54) is 6.07 Å². The van der Waals surface area contributed by atoms with Crippen LogP contribution < -0.4 is 5.73 Å². The fraction of sp³-hybridized carbons (Fsp3) is 0.625. The van der Waals surface area contributed by atoms with Crippen LogP contribution in [0.2, 0.25) is 0 Å². The summed E-state index contributed by atoms with van der Waals surface area (Å²) in [6, 6.07) is 5.06. The summed E-state index contributed by atoms with van der Waals surface area (Å²) in [6.07, 6.45) is 1.09. The van der Waals surface area contributed by atoms with Gasteiger partial charge in [0.25, 0.3) is 0 Å². The Morgan fingerprint density at radius 2 is 1.95 bits per heavy atom. The van der Waals surface area contributed by atoms with Gasteiger partial charge >= 0.3 is 0 Å². The first-order chi connectivity index (χ1) is 9.49. The Morgan fingerprint density at radius 3 is 2.50 bits per heavy atom. The fourth-order valence-corrected chi connectivity index (χ4v) is 2.57. The van der Waals surface area contributed by atoms with Crippen LogP contribution >= 0.6 is 0 Å². The average molecular weight is 281 g/mol. The molecule has 0 aliphatic heterocycles. The van der Waals surface area contributed by atoms with E-state index < -0.39 is 0 Å². The van der Waals surface area contributed by atoms with Crippen molar-refractivity contribution in [3.63, 3.8) is 0 Å². The lowest BCUT2D eigenvalue weighted by Gasteiger charge is -2.31. The van der Waals surface area contributed by atoms with Crippen molar-refractivity contribution < 1.29 is 4.39 Å².